The number of carbonyl (C=O) groups excluding carboxylic acids is 2. The van der Waals surface area contributed by atoms with Crippen LogP contribution in [-0.4, -0.2) is 44.1 Å². The van der Waals surface area contributed by atoms with E-state index in [2.05, 4.69) is 10.0 Å². The molecule has 0 aliphatic heterocycles. The molecule has 2 rings (SSSR count). The molecule has 0 bridgehead atoms. The number of aliphatic carboxylic acids is 1. The van der Waals surface area contributed by atoms with Crippen molar-refractivity contribution >= 4 is 45.3 Å². The normalized spacial score (nSPS) is 12.1. The minimum Gasteiger partial charge on any atom is -0.480 e. The summed E-state index contributed by atoms with van der Waals surface area (Å²) in [6, 6.07) is 7.28. The van der Waals surface area contributed by atoms with Crippen LogP contribution in [0.5, 0.6) is 5.75 Å². The highest BCUT2D eigenvalue weighted by atomic mass is 35.5. The Hall–Kier alpha value is -3.35. The number of carbonyl (C=O) groups is 3. The highest BCUT2D eigenvalue weighted by molar-refractivity contribution is 7.92. The van der Waals surface area contributed by atoms with Gasteiger partial charge in [0.05, 0.1) is 15.5 Å². The topological polar surface area (TPSA) is 191 Å². The number of carboxylic acids is 1. The molecule has 0 aliphatic carbocycles. The molecule has 0 unspecified atom stereocenters. The first-order valence-corrected chi connectivity index (χ1v) is 12.4. The van der Waals surface area contributed by atoms with Crippen LogP contribution >= 0.6 is 11.6 Å². The van der Waals surface area contributed by atoms with Crippen LogP contribution in [0.25, 0.3) is 0 Å². The molecule has 13 heteroatoms. The molecular formula is C22H27ClN4O7S. The van der Waals surface area contributed by atoms with E-state index >= 15 is 0 Å². The number of ether oxygens (including phenoxy) is 1. The summed E-state index contributed by atoms with van der Waals surface area (Å²) in [5.74, 6) is -3.39. The first-order chi connectivity index (χ1) is 16.4. The summed E-state index contributed by atoms with van der Waals surface area (Å²) >= 11 is 6.13. The van der Waals surface area contributed by atoms with E-state index in [1.165, 1.54) is 0 Å². The van der Waals surface area contributed by atoms with Gasteiger partial charge in [0.15, 0.2) is 5.75 Å². The Morgan fingerprint density at radius 2 is 1.77 bits per heavy atom. The molecule has 11 nitrogen and oxygen atoms in total. The van der Waals surface area contributed by atoms with E-state index in [1.54, 1.807) is 38.1 Å². The predicted molar refractivity (Wildman–Crippen MR) is 130 cm³/mol. The van der Waals surface area contributed by atoms with Crippen LogP contribution < -0.4 is 26.2 Å². The van der Waals surface area contributed by atoms with Crippen LogP contribution in [0.1, 0.15) is 36.2 Å². The number of benzene rings is 2. The molecule has 0 saturated carbocycles. The molecule has 0 heterocycles. The van der Waals surface area contributed by atoms with Crippen molar-refractivity contribution < 1.29 is 32.6 Å². The average molecular weight is 527 g/mol. The number of amides is 2. The number of carboxylic acid groups (broad SMARTS) is 1. The lowest BCUT2D eigenvalue weighted by molar-refractivity contribution is -0.140. The van der Waals surface area contributed by atoms with Gasteiger partial charge in [-0.25, -0.2) is 18.0 Å². The monoisotopic (exact) mass is 526 g/mol. The third kappa shape index (κ3) is 7.57. The zero-order chi connectivity index (χ0) is 26.3. The van der Waals surface area contributed by atoms with E-state index in [0.29, 0.717) is 6.54 Å². The number of sulfonamides is 1. The Balaban J connectivity index is 2.31. The number of primary amides is 1. The molecule has 2 aromatic carbocycles. The van der Waals surface area contributed by atoms with Gasteiger partial charge in [-0.1, -0.05) is 37.6 Å². The Morgan fingerprint density at radius 1 is 1.14 bits per heavy atom. The fraction of sp³-hybridized carbons (Fsp3) is 0.318. The van der Waals surface area contributed by atoms with Gasteiger partial charge in [-0.3, -0.25) is 9.52 Å². The van der Waals surface area contributed by atoms with Gasteiger partial charge in [0.1, 0.15) is 6.04 Å². The smallest absolute Gasteiger partial charge is 0.413 e. The molecule has 35 heavy (non-hydrogen) atoms. The van der Waals surface area contributed by atoms with E-state index in [1.807, 2.05) is 0 Å². The van der Waals surface area contributed by atoms with E-state index in [-0.39, 0.29) is 5.69 Å². The third-order valence-corrected chi connectivity index (χ3v) is 6.51. The van der Waals surface area contributed by atoms with Crippen molar-refractivity contribution in [2.45, 2.75) is 37.6 Å². The van der Waals surface area contributed by atoms with Gasteiger partial charge in [-0.2, -0.15) is 0 Å². The highest BCUT2D eigenvalue weighted by Gasteiger charge is 2.27. The van der Waals surface area contributed by atoms with Crippen LogP contribution in [-0.2, 0) is 21.2 Å². The van der Waals surface area contributed by atoms with Crippen molar-refractivity contribution in [1.29, 1.82) is 0 Å². The molecule has 0 radical (unpaired) electrons. The molecule has 1 atom stereocenters. The largest absolute Gasteiger partial charge is 0.480 e. The molecule has 0 aliphatic rings. The minimum absolute atomic E-state index is 0.270. The number of nitrogens with one attached hydrogen (secondary N) is 2. The maximum atomic E-state index is 12.9. The average Bonchev–Trinajstić information content (AvgIpc) is 2.77. The van der Waals surface area contributed by atoms with Gasteiger partial charge < -0.3 is 26.6 Å². The summed E-state index contributed by atoms with van der Waals surface area (Å²) in [6.45, 7) is 3.68. The van der Waals surface area contributed by atoms with Crippen molar-refractivity contribution in [3.63, 3.8) is 0 Å². The van der Waals surface area contributed by atoms with Crippen LogP contribution in [0.4, 0.5) is 10.5 Å². The van der Waals surface area contributed by atoms with Crippen molar-refractivity contribution in [3.05, 3.63) is 52.5 Å². The second kappa shape index (κ2) is 11.9. The Kier molecular flexibility index (Phi) is 9.46. The number of anilines is 1. The summed E-state index contributed by atoms with van der Waals surface area (Å²) < 4.78 is 33.2. The van der Waals surface area contributed by atoms with Gasteiger partial charge in [0.25, 0.3) is 15.9 Å². The fourth-order valence-corrected chi connectivity index (χ4v) is 4.47. The lowest BCUT2D eigenvalue weighted by atomic mass is 10.1. The van der Waals surface area contributed by atoms with Gasteiger partial charge in [-0.05, 0) is 55.1 Å². The highest BCUT2D eigenvalue weighted by Crippen LogP contribution is 2.33. The number of halogens is 1. The van der Waals surface area contributed by atoms with E-state index in [4.69, 9.17) is 27.8 Å². The fourth-order valence-electron chi connectivity index (χ4n) is 3.03. The summed E-state index contributed by atoms with van der Waals surface area (Å²) in [6.07, 6.45) is 0.333. The van der Waals surface area contributed by atoms with E-state index in [9.17, 15) is 27.9 Å². The lowest BCUT2D eigenvalue weighted by Crippen LogP contribution is -2.45. The van der Waals surface area contributed by atoms with Crippen molar-refractivity contribution in [2.75, 3.05) is 11.3 Å². The number of aryl methyl sites for hydroxylation is 1. The summed E-state index contributed by atoms with van der Waals surface area (Å²) in [5, 5.41) is 11.0. The first-order valence-electron chi connectivity index (χ1n) is 10.5. The Labute approximate surface area is 207 Å². The summed E-state index contributed by atoms with van der Waals surface area (Å²) in [7, 11) is -4.20. The van der Waals surface area contributed by atoms with Crippen LogP contribution in [0, 0.1) is 5.92 Å². The molecule has 190 valence electrons. The van der Waals surface area contributed by atoms with Crippen LogP contribution in [0.15, 0.2) is 41.3 Å². The van der Waals surface area contributed by atoms with Gasteiger partial charge in [0.2, 0.25) is 0 Å². The number of rotatable bonds is 11. The quantitative estimate of drug-likeness (QED) is 0.294. The molecule has 0 aromatic heterocycles. The molecule has 0 spiro atoms. The van der Waals surface area contributed by atoms with Gasteiger partial charge >= 0.3 is 12.1 Å². The third-order valence-electron chi connectivity index (χ3n) is 4.87. The zero-order valence-corrected chi connectivity index (χ0v) is 20.7. The second-order valence-electron chi connectivity index (χ2n) is 7.93. The second-order valence-corrected chi connectivity index (χ2v) is 10.0. The SMILES string of the molecule is CC(C)[C@H](NC(=O)Oc1c(Cl)cc(S(=O)(=O)Nc2ccc(CCCN)cc2)cc1C(N)=O)C(=O)O. The number of nitrogens with two attached hydrogens (primary N) is 2. The molecule has 2 amide bonds. The van der Waals surface area contributed by atoms with Crippen LogP contribution in [0.3, 0.4) is 0 Å². The maximum absolute atomic E-state index is 12.9. The van der Waals surface area contributed by atoms with Crippen molar-refractivity contribution in [2.24, 2.45) is 17.4 Å². The van der Waals surface area contributed by atoms with Crippen molar-refractivity contribution in [1.82, 2.24) is 5.32 Å². The van der Waals surface area contributed by atoms with Crippen LogP contribution in [0.2, 0.25) is 5.02 Å². The molecule has 0 fully saturated rings. The number of hydrogen-bond acceptors (Lipinski definition) is 7. The van der Waals surface area contributed by atoms with Gasteiger partial charge in [0, 0.05) is 5.69 Å². The van der Waals surface area contributed by atoms with E-state index < -0.39 is 61.2 Å². The zero-order valence-electron chi connectivity index (χ0n) is 19.1. The summed E-state index contributed by atoms with van der Waals surface area (Å²) in [4.78, 5) is 35.1. The van der Waals surface area contributed by atoms with Crippen molar-refractivity contribution in [3.8, 4) is 5.75 Å². The molecule has 0 saturated heterocycles. The standard InChI is InChI=1S/C22H27ClN4O7S/c1-12(2)18(21(29)30)26-22(31)34-19-16(20(25)28)10-15(11-17(19)23)35(32,33)27-14-7-5-13(6-8-14)4-3-9-24/h5-8,10-12,18,27H,3-4,9,24H2,1-2H3,(H2,25,28)(H,26,31)(H,29,30)/t18-/m0/s1. The lowest BCUT2D eigenvalue weighted by Gasteiger charge is -2.19. The first kappa shape index (κ1) is 27.9. The van der Waals surface area contributed by atoms with Gasteiger partial charge in [-0.15, -0.1) is 0 Å². The maximum Gasteiger partial charge on any atom is 0.413 e. The minimum atomic E-state index is -4.20. The summed E-state index contributed by atoms with van der Waals surface area (Å²) in [5.41, 5.74) is 11.6. The Morgan fingerprint density at radius 3 is 2.29 bits per heavy atom. The predicted octanol–water partition coefficient (Wildman–Crippen LogP) is 2.33. The number of hydrogen-bond donors (Lipinski definition) is 5. The molecule has 2 aromatic rings. The van der Waals surface area contributed by atoms with E-state index in [0.717, 1.165) is 30.5 Å². The molecule has 7 N–H and O–H groups in total. The Bertz CT molecular complexity index is 1200. The molecular weight excluding hydrogens is 500 g/mol.